The van der Waals surface area contributed by atoms with Crippen LogP contribution < -0.4 is 4.74 Å². The molecule has 4 heteroatoms. The Hall–Kier alpha value is -1.06. The highest BCUT2D eigenvalue weighted by atomic mass is 35.5. The van der Waals surface area contributed by atoms with Crippen LogP contribution in [0.1, 0.15) is 5.56 Å². The van der Waals surface area contributed by atoms with E-state index in [1.807, 2.05) is 0 Å². The van der Waals surface area contributed by atoms with Crippen LogP contribution in [0.3, 0.4) is 0 Å². The van der Waals surface area contributed by atoms with Crippen LogP contribution in [0.4, 0.5) is 4.39 Å². The van der Waals surface area contributed by atoms with Crippen molar-refractivity contribution in [2.75, 3.05) is 5.88 Å². The van der Waals surface area contributed by atoms with E-state index in [9.17, 15) is 9.50 Å². The van der Waals surface area contributed by atoms with Gasteiger partial charge in [0.15, 0.2) is 0 Å². The molecule has 0 unspecified atom stereocenters. The molecule has 2 rings (SSSR count). The van der Waals surface area contributed by atoms with E-state index in [1.165, 1.54) is 12.1 Å². The number of hydrogen-bond donors (Lipinski definition) is 1. The molecule has 1 N–H and O–H groups in total. The number of rotatable bonds is 2. The van der Waals surface area contributed by atoms with Crippen molar-refractivity contribution in [3.05, 3.63) is 35.7 Å². The van der Waals surface area contributed by atoms with Gasteiger partial charge in [-0.15, -0.1) is 11.6 Å². The summed E-state index contributed by atoms with van der Waals surface area (Å²) in [6, 6.07) is 4.25. The van der Waals surface area contributed by atoms with Crippen molar-refractivity contribution in [1.29, 1.82) is 0 Å². The fraction of sp³-hybridized carbons (Fsp3) is 0.273. The van der Waals surface area contributed by atoms with E-state index in [0.717, 1.165) is 0 Å². The molecule has 0 radical (unpaired) electrons. The standard InChI is InChI=1S/C11H10ClFO2/c12-6-9(14)11-3-1-7-5-8(13)2-4-10(7)15-11/h1-5,9,11,14H,6H2/t9-,11+/m0/s1. The third kappa shape index (κ3) is 2.13. The number of hydrogen-bond acceptors (Lipinski definition) is 2. The first-order valence-corrected chi connectivity index (χ1v) is 5.12. The minimum Gasteiger partial charge on any atom is -0.483 e. The predicted octanol–water partition coefficient (Wildman–Crippen LogP) is 2.20. The summed E-state index contributed by atoms with van der Waals surface area (Å²) in [5.41, 5.74) is 0.674. The van der Waals surface area contributed by atoms with Crippen LogP contribution in [0.15, 0.2) is 24.3 Å². The van der Waals surface area contributed by atoms with E-state index in [-0.39, 0.29) is 11.7 Å². The van der Waals surface area contributed by atoms with Gasteiger partial charge in [0.05, 0.1) is 5.88 Å². The molecule has 0 spiro atoms. The van der Waals surface area contributed by atoms with Gasteiger partial charge in [0, 0.05) is 5.56 Å². The van der Waals surface area contributed by atoms with Crippen molar-refractivity contribution in [1.82, 2.24) is 0 Å². The molecule has 15 heavy (non-hydrogen) atoms. The first kappa shape index (κ1) is 10.5. The van der Waals surface area contributed by atoms with Gasteiger partial charge in [-0.1, -0.05) is 6.08 Å². The Morgan fingerprint density at radius 3 is 3.07 bits per heavy atom. The second-order valence-electron chi connectivity index (χ2n) is 3.35. The zero-order valence-electron chi connectivity index (χ0n) is 7.86. The molecule has 2 nitrogen and oxygen atoms in total. The van der Waals surface area contributed by atoms with Crippen LogP contribution in [0.25, 0.3) is 6.08 Å². The molecule has 1 aromatic carbocycles. The Balaban J connectivity index is 2.24. The quantitative estimate of drug-likeness (QED) is 0.787. The van der Waals surface area contributed by atoms with Crippen molar-refractivity contribution < 1.29 is 14.2 Å². The van der Waals surface area contributed by atoms with Crippen LogP contribution >= 0.6 is 11.6 Å². The summed E-state index contributed by atoms with van der Waals surface area (Å²) in [7, 11) is 0. The lowest BCUT2D eigenvalue weighted by Crippen LogP contribution is -2.32. The highest BCUT2D eigenvalue weighted by Crippen LogP contribution is 2.27. The fourth-order valence-corrected chi connectivity index (χ4v) is 1.61. The van der Waals surface area contributed by atoms with Gasteiger partial charge >= 0.3 is 0 Å². The van der Waals surface area contributed by atoms with Gasteiger partial charge < -0.3 is 9.84 Å². The lowest BCUT2D eigenvalue weighted by molar-refractivity contribution is 0.0786. The number of halogens is 2. The molecule has 0 fully saturated rings. The molecule has 1 aromatic rings. The summed E-state index contributed by atoms with van der Waals surface area (Å²) >= 11 is 5.51. The molecule has 0 aromatic heterocycles. The molecule has 0 aliphatic carbocycles. The van der Waals surface area contributed by atoms with E-state index in [4.69, 9.17) is 16.3 Å². The second kappa shape index (κ2) is 4.21. The van der Waals surface area contributed by atoms with Gasteiger partial charge in [-0.2, -0.15) is 0 Å². The molecular weight excluding hydrogens is 219 g/mol. The van der Waals surface area contributed by atoms with Crippen LogP contribution in [0.5, 0.6) is 5.75 Å². The highest BCUT2D eigenvalue weighted by Gasteiger charge is 2.21. The Bertz CT molecular complexity index is 392. The third-order valence-electron chi connectivity index (χ3n) is 2.24. The van der Waals surface area contributed by atoms with Crippen molar-refractivity contribution in [2.24, 2.45) is 0 Å². The normalized spacial score (nSPS) is 20.6. The molecule has 1 heterocycles. The Labute approximate surface area is 91.9 Å². The maximum Gasteiger partial charge on any atom is 0.144 e. The largest absolute Gasteiger partial charge is 0.483 e. The van der Waals surface area contributed by atoms with Crippen LogP contribution in [-0.2, 0) is 0 Å². The lowest BCUT2D eigenvalue weighted by Gasteiger charge is -2.24. The maximum absolute atomic E-state index is 12.9. The molecule has 0 saturated heterocycles. The topological polar surface area (TPSA) is 29.5 Å². The SMILES string of the molecule is O[C@@H](CCl)[C@H]1C=Cc2cc(F)ccc2O1. The molecule has 0 bridgehead atoms. The lowest BCUT2D eigenvalue weighted by atomic mass is 10.1. The van der Waals surface area contributed by atoms with Crippen molar-refractivity contribution in [3.63, 3.8) is 0 Å². The minimum atomic E-state index is -0.749. The Morgan fingerprint density at radius 2 is 2.33 bits per heavy atom. The fourth-order valence-electron chi connectivity index (χ4n) is 1.44. The van der Waals surface area contributed by atoms with E-state index < -0.39 is 12.2 Å². The number of alkyl halides is 1. The average molecular weight is 229 g/mol. The Morgan fingerprint density at radius 1 is 1.53 bits per heavy atom. The number of ether oxygens (including phenoxy) is 1. The van der Waals surface area contributed by atoms with E-state index in [0.29, 0.717) is 11.3 Å². The second-order valence-corrected chi connectivity index (χ2v) is 3.65. The molecule has 0 saturated carbocycles. The Kier molecular flexibility index (Phi) is 2.93. The summed E-state index contributed by atoms with van der Waals surface area (Å²) < 4.78 is 18.3. The van der Waals surface area contributed by atoms with E-state index in [2.05, 4.69) is 0 Å². The highest BCUT2D eigenvalue weighted by molar-refractivity contribution is 6.18. The zero-order valence-corrected chi connectivity index (χ0v) is 8.62. The van der Waals surface area contributed by atoms with Gasteiger partial charge in [-0.05, 0) is 24.3 Å². The maximum atomic E-state index is 12.9. The van der Waals surface area contributed by atoms with Crippen molar-refractivity contribution in [2.45, 2.75) is 12.2 Å². The van der Waals surface area contributed by atoms with Gasteiger partial charge in [0.25, 0.3) is 0 Å². The molecule has 2 atom stereocenters. The van der Waals surface area contributed by atoms with E-state index >= 15 is 0 Å². The third-order valence-corrected chi connectivity index (χ3v) is 2.55. The predicted molar refractivity (Wildman–Crippen MR) is 56.6 cm³/mol. The minimum absolute atomic E-state index is 0.103. The van der Waals surface area contributed by atoms with Crippen molar-refractivity contribution in [3.8, 4) is 5.75 Å². The van der Waals surface area contributed by atoms with Gasteiger partial charge in [0.2, 0.25) is 0 Å². The van der Waals surface area contributed by atoms with E-state index in [1.54, 1.807) is 18.2 Å². The zero-order chi connectivity index (χ0) is 10.8. The number of aliphatic hydroxyl groups excluding tert-OH is 1. The molecule has 80 valence electrons. The van der Waals surface area contributed by atoms with Crippen LogP contribution in [0.2, 0.25) is 0 Å². The number of fused-ring (bicyclic) bond motifs is 1. The monoisotopic (exact) mass is 228 g/mol. The summed E-state index contributed by atoms with van der Waals surface area (Å²) in [5.74, 6) is 0.359. The average Bonchev–Trinajstić information content (AvgIpc) is 2.27. The van der Waals surface area contributed by atoms with Crippen molar-refractivity contribution >= 4 is 17.7 Å². The van der Waals surface area contributed by atoms with Crippen LogP contribution in [-0.4, -0.2) is 23.2 Å². The summed E-state index contributed by atoms with van der Waals surface area (Å²) in [6.45, 7) is 0. The van der Waals surface area contributed by atoms with Crippen LogP contribution in [0, 0.1) is 5.82 Å². The summed E-state index contributed by atoms with van der Waals surface area (Å²) in [5, 5.41) is 9.48. The summed E-state index contributed by atoms with van der Waals surface area (Å²) in [4.78, 5) is 0. The summed E-state index contributed by atoms with van der Waals surface area (Å²) in [6.07, 6.45) is 2.19. The molecular formula is C11H10ClFO2. The first-order valence-electron chi connectivity index (χ1n) is 4.59. The molecule has 1 aliphatic heterocycles. The number of benzene rings is 1. The molecule has 0 amide bonds. The first-order chi connectivity index (χ1) is 7.20. The molecule has 1 aliphatic rings. The van der Waals surface area contributed by atoms with Gasteiger partial charge in [-0.25, -0.2) is 4.39 Å². The smallest absolute Gasteiger partial charge is 0.144 e. The van der Waals surface area contributed by atoms with Gasteiger partial charge in [0.1, 0.15) is 23.8 Å². The number of aliphatic hydroxyl groups is 1. The van der Waals surface area contributed by atoms with Gasteiger partial charge in [-0.3, -0.25) is 0 Å².